The number of carbonyl (C=O) groups excluding carboxylic acids is 1. The second-order valence-electron chi connectivity index (χ2n) is 10.7. The van der Waals surface area contributed by atoms with Gasteiger partial charge in [0.15, 0.2) is 0 Å². The fourth-order valence-electron chi connectivity index (χ4n) is 5.74. The molecule has 1 aliphatic carbocycles. The van der Waals surface area contributed by atoms with Crippen molar-refractivity contribution < 1.29 is 19.4 Å². The number of rotatable bonds is 6. The highest BCUT2D eigenvalue weighted by molar-refractivity contribution is 6.31. The molecular formula is C26H30ClN5O4. The molecule has 1 aromatic carbocycles. The Kier molecular flexibility index (Phi) is 6.84. The minimum atomic E-state index is -0.766. The van der Waals surface area contributed by atoms with E-state index in [1.807, 2.05) is 38.7 Å². The van der Waals surface area contributed by atoms with Crippen LogP contribution in [0.2, 0.25) is 5.02 Å². The van der Waals surface area contributed by atoms with Crippen LogP contribution in [0.15, 0.2) is 30.6 Å². The van der Waals surface area contributed by atoms with Crippen LogP contribution in [0.4, 0.5) is 5.95 Å². The Morgan fingerprint density at radius 1 is 1.17 bits per heavy atom. The molecule has 0 atom stereocenters. The molecule has 0 spiro atoms. The number of hydrogen-bond acceptors (Lipinski definition) is 7. The summed E-state index contributed by atoms with van der Waals surface area (Å²) in [6.45, 7) is 9.30. The summed E-state index contributed by atoms with van der Waals surface area (Å²) in [5.41, 5.74) is -0.0165. The number of amides is 1. The second kappa shape index (κ2) is 9.58. The zero-order valence-corrected chi connectivity index (χ0v) is 21.5. The molecule has 0 radical (unpaired) electrons. The molecule has 2 aromatic rings. The Morgan fingerprint density at radius 3 is 2.31 bits per heavy atom. The van der Waals surface area contributed by atoms with Crippen molar-refractivity contribution in [2.24, 2.45) is 16.7 Å². The van der Waals surface area contributed by atoms with Crippen LogP contribution < -0.4 is 15.0 Å². The van der Waals surface area contributed by atoms with Gasteiger partial charge in [-0.1, -0.05) is 39.3 Å². The summed E-state index contributed by atoms with van der Waals surface area (Å²) in [6, 6.07) is 6.86. The molecule has 2 N–H and O–H groups in total. The first kappa shape index (κ1) is 25.7. The van der Waals surface area contributed by atoms with E-state index in [9.17, 15) is 9.59 Å². The van der Waals surface area contributed by atoms with Gasteiger partial charge in [0.05, 0.1) is 22.1 Å². The van der Waals surface area contributed by atoms with Gasteiger partial charge in [-0.15, -0.1) is 0 Å². The van der Waals surface area contributed by atoms with Crippen LogP contribution in [-0.4, -0.2) is 52.2 Å². The molecular weight excluding hydrogens is 482 g/mol. The lowest BCUT2D eigenvalue weighted by atomic mass is 9.49. The first-order valence-corrected chi connectivity index (χ1v) is 12.3. The number of ether oxygens (including phenoxy) is 1. The van der Waals surface area contributed by atoms with E-state index in [1.54, 1.807) is 18.2 Å². The van der Waals surface area contributed by atoms with Crippen LogP contribution in [0.1, 0.15) is 56.5 Å². The monoisotopic (exact) mass is 511 g/mol. The van der Waals surface area contributed by atoms with E-state index >= 15 is 0 Å². The highest BCUT2D eigenvalue weighted by Gasteiger charge is 2.64. The van der Waals surface area contributed by atoms with Crippen LogP contribution >= 0.6 is 11.6 Å². The lowest BCUT2D eigenvalue weighted by Gasteiger charge is -2.63. The lowest BCUT2D eigenvalue weighted by molar-refractivity contribution is -0.164. The number of nitrogens with zero attached hydrogens (tertiary/aromatic N) is 4. The Morgan fingerprint density at radius 2 is 1.78 bits per heavy atom. The predicted molar refractivity (Wildman–Crippen MR) is 134 cm³/mol. The number of carbonyl (C=O) groups is 2. The van der Waals surface area contributed by atoms with Gasteiger partial charge in [-0.2, -0.15) is 5.26 Å². The Hall–Kier alpha value is -3.38. The van der Waals surface area contributed by atoms with Gasteiger partial charge in [-0.3, -0.25) is 9.59 Å². The van der Waals surface area contributed by atoms with Crippen LogP contribution in [-0.2, 0) is 4.79 Å². The summed E-state index contributed by atoms with van der Waals surface area (Å²) in [4.78, 5) is 34.9. The molecule has 2 heterocycles. The average molecular weight is 512 g/mol. The highest BCUT2D eigenvalue weighted by atomic mass is 35.5. The fraction of sp³-hybridized carbons (Fsp3) is 0.500. The molecule has 2 aliphatic rings. The van der Waals surface area contributed by atoms with E-state index < -0.39 is 5.97 Å². The molecule has 36 heavy (non-hydrogen) atoms. The van der Waals surface area contributed by atoms with Crippen LogP contribution in [0, 0.1) is 28.1 Å². The largest absolute Gasteiger partial charge is 0.489 e. The zero-order chi connectivity index (χ0) is 26.3. The van der Waals surface area contributed by atoms with Gasteiger partial charge in [0.25, 0.3) is 5.91 Å². The average Bonchev–Trinajstić information content (AvgIpc) is 2.85. The van der Waals surface area contributed by atoms with Gasteiger partial charge in [0.1, 0.15) is 17.9 Å². The highest BCUT2D eigenvalue weighted by Crippen LogP contribution is 2.55. The Labute approximate surface area is 215 Å². The van der Waals surface area contributed by atoms with E-state index in [4.69, 9.17) is 26.7 Å². The summed E-state index contributed by atoms with van der Waals surface area (Å²) in [7, 11) is 0. The third-order valence-corrected chi connectivity index (χ3v) is 7.77. The normalized spacial score (nSPS) is 22.7. The van der Waals surface area contributed by atoms with Crippen molar-refractivity contribution in [2.75, 3.05) is 18.0 Å². The number of aliphatic carboxylic acids is 1. The van der Waals surface area contributed by atoms with Crippen molar-refractivity contribution in [3.05, 3.63) is 46.7 Å². The maximum Gasteiger partial charge on any atom is 0.306 e. The Bertz CT molecular complexity index is 1180. The number of aromatic nitrogens is 2. The summed E-state index contributed by atoms with van der Waals surface area (Å²) in [6.07, 6.45) is 3.90. The summed E-state index contributed by atoms with van der Waals surface area (Å²) >= 11 is 6.16. The molecule has 0 bridgehead atoms. The number of benzene rings is 1. The minimum absolute atomic E-state index is 0.175. The number of carboxylic acid groups (broad SMARTS) is 1. The standard InChI is InChI=1S/C26H30ClN5O4/c1-25(2)22(26(3,4)23(25)36-18-6-5-16(12-28)19(27)11-18)31-20(33)17-13-29-24(30-14-17)32-9-7-15(8-10-32)21(34)35/h5-6,11,13-15,22-23H,7-10H2,1-4H3,(H,31,33)(H,34,35)/t22-,23-. The van der Waals surface area contributed by atoms with Crippen molar-refractivity contribution in [3.8, 4) is 11.8 Å². The molecule has 1 aliphatic heterocycles. The number of nitrogens with one attached hydrogen (secondary N) is 1. The SMILES string of the molecule is CC1(C)[C@H](NC(=O)c2cnc(N3CCC(C(=O)O)CC3)nc2)C(C)(C)[C@H]1Oc1ccc(C#N)c(Cl)c1. The van der Waals surface area contributed by atoms with Gasteiger partial charge >= 0.3 is 5.97 Å². The van der Waals surface area contributed by atoms with E-state index in [1.165, 1.54) is 12.4 Å². The second-order valence-corrected chi connectivity index (χ2v) is 11.1. The van der Waals surface area contributed by atoms with Crippen LogP contribution in [0.25, 0.3) is 0 Å². The maximum absolute atomic E-state index is 13.1. The van der Waals surface area contributed by atoms with Crippen LogP contribution in [0.3, 0.4) is 0 Å². The Balaban J connectivity index is 1.40. The number of halogens is 1. The molecule has 0 unspecified atom stereocenters. The lowest BCUT2D eigenvalue weighted by Crippen LogP contribution is -2.74. The summed E-state index contributed by atoms with van der Waals surface area (Å²) in [5.74, 6) is -0.294. The van der Waals surface area contributed by atoms with Gasteiger partial charge in [0.2, 0.25) is 5.95 Å². The molecule has 190 valence electrons. The third-order valence-electron chi connectivity index (χ3n) is 7.46. The van der Waals surface area contributed by atoms with E-state index in [-0.39, 0.29) is 34.8 Å². The molecule has 1 saturated carbocycles. The number of carboxylic acids is 1. The quantitative estimate of drug-likeness (QED) is 0.597. The topological polar surface area (TPSA) is 128 Å². The van der Waals surface area contributed by atoms with Crippen molar-refractivity contribution in [2.45, 2.75) is 52.7 Å². The molecule has 9 nitrogen and oxygen atoms in total. The van der Waals surface area contributed by atoms with Crippen molar-refractivity contribution in [1.82, 2.24) is 15.3 Å². The summed E-state index contributed by atoms with van der Waals surface area (Å²) < 4.78 is 6.27. The predicted octanol–water partition coefficient (Wildman–Crippen LogP) is 3.91. The van der Waals surface area contributed by atoms with Gasteiger partial charge in [0, 0.05) is 48.4 Å². The number of hydrogen-bond donors (Lipinski definition) is 2. The van der Waals surface area contributed by atoms with Crippen LogP contribution in [0.5, 0.6) is 5.75 Å². The van der Waals surface area contributed by atoms with E-state index in [2.05, 4.69) is 15.3 Å². The molecule has 1 saturated heterocycles. The molecule has 10 heteroatoms. The van der Waals surface area contributed by atoms with Crippen molar-refractivity contribution >= 4 is 29.4 Å². The smallest absolute Gasteiger partial charge is 0.306 e. The first-order valence-electron chi connectivity index (χ1n) is 11.9. The van der Waals surface area contributed by atoms with Crippen molar-refractivity contribution in [1.29, 1.82) is 5.26 Å². The van der Waals surface area contributed by atoms with E-state index in [0.29, 0.717) is 53.8 Å². The molecule has 1 amide bonds. The summed E-state index contributed by atoms with van der Waals surface area (Å²) in [5, 5.41) is 21.7. The molecule has 1 aromatic heterocycles. The number of nitriles is 1. The number of piperidine rings is 1. The van der Waals surface area contributed by atoms with Gasteiger partial charge < -0.3 is 20.1 Å². The van der Waals surface area contributed by atoms with Gasteiger partial charge in [-0.05, 0) is 25.0 Å². The minimum Gasteiger partial charge on any atom is -0.489 e. The van der Waals surface area contributed by atoms with Gasteiger partial charge in [-0.25, -0.2) is 9.97 Å². The zero-order valence-electron chi connectivity index (χ0n) is 20.8. The molecule has 4 rings (SSSR count). The first-order chi connectivity index (χ1) is 16.9. The third kappa shape index (κ3) is 4.70. The molecule has 2 fully saturated rings. The number of anilines is 1. The van der Waals surface area contributed by atoms with E-state index in [0.717, 1.165) is 0 Å². The van der Waals surface area contributed by atoms with Crippen molar-refractivity contribution in [3.63, 3.8) is 0 Å². The maximum atomic E-state index is 13.1. The fourth-order valence-corrected chi connectivity index (χ4v) is 5.95.